The van der Waals surface area contributed by atoms with E-state index in [0.717, 1.165) is 19.4 Å². The van der Waals surface area contributed by atoms with E-state index in [0.29, 0.717) is 6.04 Å². The Morgan fingerprint density at radius 1 is 1.21 bits per heavy atom. The Hall–Kier alpha value is -1.99. The number of aliphatic carboxylic acids is 2. The number of hydrogen-bond donors (Lipinski definition) is 4. The second-order valence-corrected chi connectivity index (χ2v) is 7.35. The molecule has 1 aliphatic heterocycles. The maximum Gasteiger partial charge on any atom is 0.414 e. The molecule has 1 aromatic heterocycles. The predicted octanol–water partition coefficient (Wildman–Crippen LogP) is 1.64. The second-order valence-electron chi connectivity index (χ2n) is 7.35. The van der Waals surface area contributed by atoms with Crippen molar-refractivity contribution in [1.82, 2.24) is 15.6 Å². The molecule has 0 unspecified atom stereocenters. The Labute approximate surface area is 142 Å². The number of nitrogens with zero attached hydrogens (tertiary/aromatic N) is 1. The second kappa shape index (κ2) is 8.21. The molecular formula is C17H27N3O4. The summed E-state index contributed by atoms with van der Waals surface area (Å²) in [7, 11) is 0. The van der Waals surface area contributed by atoms with Gasteiger partial charge in [-0.15, -0.1) is 0 Å². The first-order valence-electron chi connectivity index (χ1n) is 7.89. The van der Waals surface area contributed by atoms with Crippen LogP contribution < -0.4 is 10.6 Å². The standard InChI is InChI=1S/C15H25N3.C2H2O4/c1-14(2)8-13(9-15(3,4)18-14)17-11-12-6-5-7-16-10-12;3-1(4)2(5)6/h5-7,10,13,17-18H,8-9,11H2,1-4H3;(H,3,4)(H,5,6). The maximum absolute atomic E-state index is 9.10. The van der Waals surface area contributed by atoms with E-state index in [1.165, 1.54) is 5.56 Å². The number of aromatic nitrogens is 1. The fourth-order valence-electron chi connectivity index (χ4n) is 3.23. The molecule has 1 fully saturated rings. The van der Waals surface area contributed by atoms with Gasteiger partial charge in [-0.25, -0.2) is 9.59 Å². The zero-order valence-electron chi connectivity index (χ0n) is 14.7. The molecule has 7 nitrogen and oxygen atoms in total. The van der Waals surface area contributed by atoms with Gasteiger partial charge in [0.2, 0.25) is 0 Å². The normalized spacial score (nSPS) is 19.0. The molecule has 0 bridgehead atoms. The lowest BCUT2D eigenvalue weighted by Crippen LogP contribution is -2.61. The van der Waals surface area contributed by atoms with Crippen LogP contribution in [0.15, 0.2) is 24.5 Å². The van der Waals surface area contributed by atoms with E-state index in [1.807, 2.05) is 18.5 Å². The average molecular weight is 337 g/mol. The topological polar surface area (TPSA) is 112 Å². The number of carbonyl (C=O) groups is 2. The van der Waals surface area contributed by atoms with Gasteiger partial charge in [0.15, 0.2) is 0 Å². The van der Waals surface area contributed by atoms with E-state index in [1.54, 1.807) is 0 Å². The number of pyridine rings is 1. The van der Waals surface area contributed by atoms with Crippen LogP contribution in [-0.4, -0.2) is 44.3 Å². The minimum absolute atomic E-state index is 0.203. The minimum atomic E-state index is -1.82. The van der Waals surface area contributed by atoms with Crippen LogP contribution in [0.25, 0.3) is 0 Å². The highest BCUT2D eigenvalue weighted by Gasteiger charge is 2.37. The van der Waals surface area contributed by atoms with Crippen molar-refractivity contribution in [2.45, 2.75) is 64.2 Å². The first-order chi connectivity index (χ1) is 11.0. The third-order valence-electron chi connectivity index (χ3n) is 3.69. The smallest absolute Gasteiger partial charge is 0.414 e. The Bertz CT molecular complexity index is 530. The van der Waals surface area contributed by atoms with E-state index in [-0.39, 0.29) is 11.1 Å². The first kappa shape index (κ1) is 20.1. The van der Waals surface area contributed by atoms with E-state index in [9.17, 15) is 0 Å². The van der Waals surface area contributed by atoms with Gasteiger partial charge < -0.3 is 20.8 Å². The lowest BCUT2D eigenvalue weighted by Gasteiger charge is -2.46. The van der Waals surface area contributed by atoms with Crippen LogP contribution in [0.4, 0.5) is 0 Å². The number of piperidine rings is 1. The van der Waals surface area contributed by atoms with Gasteiger partial charge in [0, 0.05) is 36.1 Å². The number of carboxylic acid groups (broad SMARTS) is 2. The van der Waals surface area contributed by atoms with Crippen molar-refractivity contribution in [2.75, 3.05) is 0 Å². The maximum atomic E-state index is 9.10. The molecule has 2 rings (SSSR count). The minimum Gasteiger partial charge on any atom is -0.473 e. The molecule has 2 heterocycles. The van der Waals surface area contributed by atoms with Gasteiger partial charge in [-0.3, -0.25) is 4.98 Å². The Kier molecular flexibility index (Phi) is 6.86. The third kappa shape index (κ3) is 7.52. The van der Waals surface area contributed by atoms with E-state index in [4.69, 9.17) is 19.8 Å². The van der Waals surface area contributed by atoms with Crippen LogP contribution in [-0.2, 0) is 16.1 Å². The number of rotatable bonds is 3. The molecule has 24 heavy (non-hydrogen) atoms. The molecule has 4 N–H and O–H groups in total. The molecule has 0 radical (unpaired) electrons. The van der Waals surface area contributed by atoms with E-state index in [2.05, 4.69) is 49.4 Å². The van der Waals surface area contributed by atoms with Crippen molar-refractivity contribution in [2.24, 2.45) is 0 Å². The van der Waals surface area contributed by atoms with Crippen LogP contribution in [0.1, 0.15) is 46.1 Å². The van der Waals surface area contributed by atoms with Crippen molar-refractivity contribution >= 4 is 11.9 Å². The highest BCUT2D eigenvalue weighted by molar-refractivity contribution is 6.27. The summed E-state index contributed by atoms with van der Waals surface area (Å²) in [5.74, 6) is -3.65. The van der Waals surface area contributed by atoms with Crippen LogP contribution in [0.3, 0.4) is 0 Å². The first-order valence-corrected chi connectivity index (χ1v) is 7.89. The van der Waals surface area contributed by atoms with Crippen molar-refractivity contribution in [3.05, 3.63) is 30.1 Å². The Balaban J connectivity index is 0.000000413. The summed E-state index contributed by atoms with van der Waals surface area (Å²) >= 11 is 0. The SMILES string of the molecule is CC1(C)CC(NCc2cccnc2)CC(C)(C)N1.O=C(O)C(=O)O. The summed E-state index contributed by atoms with van der Waals surface area (Å²) in [5, 5.41) is 22.2. The lowest BCUT2D eigenvalue weighted by molar-refractivity contribution is -0.159. The summed E-state index contributed by atoms with van der Waals surface area (Å²) in [6.07, 6.45) is 6.08. The Morgan fingerprint density at radius 3 is 2.17 bits per heavy atom. The van der Waals surface area contributed by atoms with Gasteiger partial charge in [-0.05, 0) is 52.2 Å². The molecular weight excluding hydrogens is 310 g/mol. The molecule has 7 heteroatoms. The lowest BCUT2D eigenvalue weighted by atomic mass is 9.79. The number of nitrogens with one attached hydrogen (secondary N) is 2. The number of hydrogen-bond acceptors (Lipinski definition) is 5. The van der Waals surface area contributed by atoms with Crippen LogP contribution in [0.2, 0.25) is 0 Å². The average Bonchev–Trinajstić information content (AvgIpc) is 2.43. The predicted molar refractivity (Wildman–Crippen MR) is 90.7 cm³/mol. The molecule has 1 aromatic rings. The van der Waals surface area contributed by atoms with Gasteiger partial charge >= 0.3 is 11.9 Å². The fraction of sp³-hybridized carbons (Fsp3) is 0.588. The molecule has 0 atom stereocenters. The van der Waals surface area contributed by atoms with Crippen molar-refractivity contribution < 1.29 is 19.8 Å². The molecule has 0 aromatic carbocycles. The largest absolute Gasteiger partial charge is 0.473 e. The van der Waals surface area contributed by atoms with Gasteiger partial charge in [0.25, 0.3) is 0 Å². The van der Waals surface area contributed by atoms with Gasteiger partial charge in [-0.2, -0.15) is 0 Å². The van der Waals surface area contributed by atoms with Crippen LogP contribution >= 0.6 is 0 Å². The van der Waals surface area contributed by atoms with Gasteiger partial charge in [0.1, 0.15) is 0 Å². The molecule has 0 aliphatic carbocycles. The highest BCUT2D eigenvalue weighted by Crippen LogP contribution is 2.28. The van der Waals surface area contributed by atoms with Crippen LogP contribution in [0.5, 0.6) is 0 Å². The summed E-state index contributed by atoms with van der Waals surface area (Å²) in [6.45, 7) is 10.0. The Morgan fingerprint density at radius 2 is 1.75 bits per heavy atom. The molecule has 1 aliphatic rings. The van der Waals surface area contributed by atoms with Gasteiger partial charge in [-0.1, -0.05) is 6.07 Å². The zero-order valence-corrected chi connectivity index (χ0v) is 14.7. The van der Waals surface area contributed by atoms with Crippen molar-refractivity contribution in [1.29, 1.82) is 0 Å². The number of carboxylic acids is 2. The summed E-state index contributed by atoms with van der Waals surface area (Å²) in [5.41, 5.74) is 1.66. The van der Waals surface area contributed by atoms with Crippen LogP contribution in [0, 0.1) is 0 Å². The van der Waals surface area contributed by atoms with Crippen molar-refractivity contribution in [3.63, 3.8) is 0 Å². The summed E-state index contributed by atoms with van der Waals surface area (Å²) in [6, 6.07) is 4.68. The molecule has 1 saturated heterocycles. The fourth-order valence-corrected chi connectivity index (χ4v) is 3.23. The summed E-state index contributed by atoms with van der Waals surface area (Å²) in [4.78, 5) is 22.4. The van der Waals surface area contributed by atoms with E-state index < -0.39 is 11.9 Å². The molecule has 0 amide bonds. The van der Waals surface area contributed by atoms with Gasteiger partial charge in [0.05, 0.1) is 0 Å². The zero-order chi connectivity index (χ0) is 18.4. The third-order valence-corrected chi connectivity index (χ3v) is 3.69. The van der Waals surface area contributed by atoms with E-state index >= 15 is 0 Å². The summed E-state index contributed by atoms with van der Waals surface area (Å²) < 4.78 is 0. The molecule has 134 valence electrons. The quantitative estimate of drug-likeness (QED) is 0.620. The molecule has 0 saturated carbocycles. The molecule has 0 spiro atoms. The highest BCUT2D eigenvalue weighted by atomic mass is 16.4. The monoisotopic (exact) mass is 337 g/mol. The van der Waals surface area contributed by atoms with Crippen molar-refractivity contribution in [3.8, 4) is 0 Å².